The molecule has 2 aromatic carbocycles. The SMILES string of the molecule is CC(C)c1ccccc1NCCC1CN(Cc2ccccc2)CCN1. The number of anilines is 1. The van der Waals surface area contributed by atoms with Crippen LogP contribution in [0.2, 0.25) is 0 Å². The van der Waals surface area contributed by atoms with Gasteiger partial charge in [-0.25, -0.2) is 0 Å². The number of para-hydroxylation sites is 1. The highest BCUT2D eigenvalue weighted by Crippen LogP contribution is 2.23. The van der Waals surface area contributed by atoms with Gasteiger partial charge in [-0.2, -0.15) is 0 Å². The number of hydrogen-bond donors (Lipinski definition) is 2. The van der Waals surface area contributed by atoms with E-state index in [1.165, 1.54) is 16.8 Å². The monoisotopic (exact) mass is 337 g/mol. The van der Waals surface area contributed by atoms with E-state index >= 15 is 0 Å². The molecule has 1 fully saturated rings. The van der Waals surface area contributed by atoms with Crippen molar-refractivity contribution in [2.75, 3.05) is 31.5 Å². The molecule has 2 N–H and O–H groups in total. The van der Waals surface area contributed by atoms with Crippen molar-refractivity contribution in [1.82, 2.24) is 10.2 Å². The van der Waals surface area contributed by atoms with Crippen LogP contribution >= 0.6 is 0 Å². The van der Waals surface area contributed by atoms with Crippen molar-refractivity contribution >= 4 is 5.69 Å². The van der Waals surface area contributed by atoms with E-state index in [0.717, 1.165) is 39.1 Å². The Hall–Kier alpha value is -1.84. The summed E-state index contributed by atoms with van der Waals surface area (Å²) >= 11 is 0. The zero-order valence-electron chi connectivity index (χ0n) is 15.5. The van der Waals surface area contributed by atoms with Crippen molar-refractivity contribution in [2.45, 2.75) is 38.8 Å². The average molecular weight is 338 g/mol. The van der Waals surface area contributed by atoms with Gasteiger partial charge in [0.2, 0.25) is 0 Å². The summed E-state index contributed by atoms with van der Waals surface area (Å²) in [6.45, 7) is 9.93. The van der Waals surface area contributed by atoms with Crippen LogP contribution in [0, 0.1) is 0 Å². The fourth-order valence-corrected chi connectivity index (χ4v) is 3.62. The summed E-state index contributed by atoms with van der Waals surface area (Å²) in [5, 5.41) is 7.32. The second kappa shape index (κ2) is 9.02. The van der Waals surface area contributed by atoms with Gasteiger partial charge in [-0.3, -0.25) is 4.90 Å². The van der Waals surface area contributed by atoms with Gasteiger partial charge in [0.05, 0.1) is 0 Å². The summed E-state index contributed by atoms with van der Waals surface area (Å²) < 4.78 is 0. The van der Waals surface area contributed by atoms with Crippen LogP contribution in [-0.4, -0.2) is 37.1 Å². The summed E-state index contributed by atoms with van der Waals surface area (Å²) in [5.41, 5.74) is 4.10. The Bertz CT molecular complexity index is 639. The van der Waals surface area contributed by atoms with E-state index in [1.807, 2.05) is 0 Å². The molecule has 0 amide bonds. The summed E-state index contributed by atoms with van der Waals surface area (Å²) in [6.07, 6.45) is 1.15. The molecular formula is C22H31N3. The molecule has 1 saturated heterocycles. The molecule has 3 nitrogen and oxygen atoms in total. The maximum atomic E-state index is 3.68. The number of hydrogen-bond acceptors (Lipinski definition) is 3. The van der Waals surface area contributed by atoms with Crippen molar-refractivity contribution < 1.29 is 0 Å². The Labute approximate surface area is 152 Å². The Kier molecular flexibility index (Phi) is 6.48. The minimum atomic E-state index is 0.554. The number of rotatable bonds is 7. The van der Waals surface area contributed by atoms with Crippen LogP contribution in [0.4, 0.5) is 5.69 Å². The summed E-state index contributed by atoms with van der Waals surface area (Å²) in [7, 11) is 0. The molecule has 0 spiro atoms. The maximum absolute atomic E-state index is 3.68. The standard InChI is InChI=1S/C22H31N3/c1-18(2)21-10-6-7-11-22(21)24-13-12-20-17-25(15-14-23-20)16-19-8-4-3-5-9-19/h3-11,18,20,23-24H,12-17H2,1-2H3. The predicted molar refractivity (Wildman–Crippen MR) is 107 cm³/mol. The summed E-state index contributed by atoms with van der Waals surface area (Å²) in [6, 6.07) is 20.0. The van der Waals surface area contributed by atoms with Gasteiger partial charge < -0.3 is 10.6 Å². The normalized spacial score (nSPS) is 18.4. The molecule has 3 rings (SSSR count). The predicted octanol–water partition coefficient (Wildman–Crippen LogP) is 4.09. The van der Waals surface area contributed by atoms with Gasteiger partial charge in [0, 0.05) is 44.5 Å². The molecule has 2 aromatic rings. The lowest BCUT2D eigenvalue weighted by atomic mass is 10.0. The van der Waals surface area contributed by atoms with Crippen LogP contribution in [0.15, 0.2) is 54.6 Å². The van der Waals surface area contributed by atoms with Gasteiger partial charge in [0.1, 0.15) is 0 Å². The summed E-state index contributed by atoms with van der Waals surface area (Å²) in [5.74, 6) is 0.554. The van der Waals surface area contributed by atoms with Crippen LogP contribution in [-0.2, 0) is 6.54 Å². The van der Waals surface area contributed by atoms with Crippen LogP contribution in [0.3, 0.4) is 0 Å². The van der Waals surface area contributed by atoms with Gasteiger partial charge in [0.15, 0.2) is 0 Å². The van der Waals surface area contributed by atoms with E-state index in [2.05, 4.69) is 84.0 Å². The van der Waals surface area contributed by atoms with Crippen LogP contribution < -0.4 is 10.6 Å². The fraction of sp³-hybridized carbons (Fsp3) is 0.455. The van der Waals surface area contributed by atoms with Crippen LogP contribution in [0.5, 0.6) is 0 Å². The second-order valence-electron chi connectivity index (χ2n) is 7.33. The van der Waals surface area contributed by atoms with Crippen LogP contribution in [0.1, 0.15) is 37.3 Å². The zero-order valence-corrected chi connectivity index (χ0v) is 15.5. The molecule has 1 heterocycles. The highest BCUT2D eigenvalue weighted by atomic mass is 15.2. The lowest BCUT2D eigenvalue weighted by molar-refractivity contribution is 0.189. The molecule has 134 valence electrons. The smallest absolute Gasteiger partial charge is 0.0375 e. The molecule has 1 aliphatic heterocycles. The Balaban J connectivity index is 1.47. The average Bonchev–Trinajstić information content (AvgIpc) is 2.63. The topological polar surface area (TPSA) is 27.3 Å². The molecule has 1 atom stereocenters. The van der Waals surface area contributed by atoms with Gasteiger partial charge >= 0.3 is 0 Å². The van der Waals surface area contributed by atoms with E-state index in [0.29, 0.717) is 12.0 Å². The molecule has 0 radical (unpaired) electrons. The van der Waals surface area contributed by atoms with E-state index in [-0.39, 0.29) is 0 Å². The Morgan fingerprint density at radius 3 is 2.64 bits per heavy atom. The molecule has 0 bridgehead atoms. The first-order chi connectivity index (χ1) is 12.2. The maximum Gasteiger partial charge on any atom is 0.0375 e. The molecule has 1 aliphatic rings. The molecule has 0 aliphatic carbocycles. The minimum Gasteiger partial charge on any atom is -0.385 e. The van der Waals surface area contributed by atoms with Gasteiger partial charge in [-0.15, -0.1) is 0 Å². The fourth-order valence-electron chi connectivity index (χ4n) is 3.62. The number of nitrogens with zero attached hydrogens (tertiary/aromatic N) is 1. The first-order valence-electron chi connectivity index (χ1n) is 9.55. The lowest BCUT2D eigenvalue weighted by Crippen LogP contribution is -2.50. The molecule has 0 aromatic heterocycles. The van der Waals surface area contributed by atoms with Crippen LogP contribution in [0.25, 0.3) is 0 Å². The van der Waals surface area contributed by atoms with Gasteiger partial charge in [-0.05, 0) is 29.5 Å². The second-order valence-corrected chi connectivity index (χ2v) is 7.33. The number of benzene rings is 2. The highest BCUT2D eigenvalue weighted by molar-refractivity contribution is 5.52. The van der Waals surface area contributed by atoms with Crippen molar-refractivity contribution in [3.8, 4) is 0 Å². The van der Waals surface area contributed by atoms with Gasteiger partial charge in [0.25, 0.3) is 0 Å². The minimum absolute atomic E-state index is 0.554. The zero-order chi connectivity index (χ0) is 17.5. The molecule has 3 heteroatoms. The lowest BCUT2D eigenvalue weighted by Gasteiger charge is -2.34. The van der Waals surface area contributed by atoms with Crippen molar-refractivity contribution in [1.29, 1.82) is 0 Å². The Morgan fingerprint density at radius 2 is 1.84 bits per heavy atom. The quantitative estimate of drug-likeness (QED) is 0.797. The molecule has 0 saturated carbocycles. The Morgan fingerprint density at radius 1 is 1.08 bits per heavy atom. The highest BCUT2D eigenvalue weighted by Gasteiger charge is 2.19. The third kappa shape index (κ3) is 5.32. The van der Waals surface area contributed by atoms with Gasteiger partial charge in [-0.1, -0.05) is 62.4 Å². The van der Waals surface area contributed by atoms with Crippen molar-refractivity contribution in [3.05, 3.63) is 65.7 Å². The number of piperazine rings is 1. The van der Waals surface area contributed by atoms with E-state index < -0.39 is 0 Å². The van der Waals surface area contributed by atoms with E-state index in [9.17, 15) is 0 Å². The molecule has 1 unspecified atom stereocenters. The third-order valence-electron chi connectivity index (χ3n) is 4.98. The van der Waals surface area contributed by atoms with E-state index in [4.69, 9.17) is 0 Å². The first kappa shape index (κ1) is 18.0. The number of nitrogens with one attached hydrogen (secondary N) is 2. The molecular weight excluding hydrogens is 306 g/mol. The molecule has 25 heavy (non-hydrogen) atoms. The van der Waals surface area contributed by atoms with Crippen molar-refractivity contribution in [2.24, 2.45) is 0 Å². The van der Waals surface area contributed by atoms with E-state index in [1.54, 1.807) is 0 Å². The first-order valence-corrected chi connectivity index (χ1v) is 9.55. The summed E-state index contributed by atoms with van der Waals surface area (Å²) in [4.78, 5) is 2.57. The largest absolute Gasteiger partial charge is 0.385 e. The van der Waals surface area contributed by atoms with Crippen molar-refractivity contribution in [3.63, 3.8) is 0 Å². The third-order valence-corrected chi connectivity index (χ3v) is 4.98.